The van der Waals surface area contributed by atoms with Gasteiger partial charge in [0.2, 0.25) is 0 Å². The molecule has 0 radical (unpaired) electrons. The third-order valence-corrected chi connectivity index (χ3v) is 6.15. The molecular formula is C25H33N7O2. The van der Waals surface area contributed by atoms with Crippen molar-refractivity contribution in [2.75, 3.05) is 19.7 Å². The van der Waals surface area contributed by atoms with Crippen molar-refractivity contribution >= 4 is 11.5 Å². The van der Waals surface area contributed by atoms with Gasteiger partial charge in [-0.3, -0.25) is 14.9 Å². The van der Waals surface area contributed by atoms with E-state index in [-0.39, 0.29) is 16.9 Å². The molecule has 0 saturated carbocycles. The normalized spacial score (nSPS) is 18.6. The molecule has 180 valence electrons. The van der Waals surface area contributed by atoms with Crippen LogP contribution >= 0.6 is 0 Å². The molecule has 9 nitrogen and oxygen atoms in total. The van der Waals surface area contributed by atoms with Gasteiger partial charge in [0.05, 0.1) is 12.8 Å². The topological polar surface area (TPSA) is 116 Å². The molecule has 0 bridgehead atoms. The zero-order chi connectivity index (χ0) is 24.5. The van der Waals surface area contributed by atoms with E-state index in [1.807, 2.05) is 39.1 Å². The highest BCUT2D eigenvalue weighted by molar-refractivity contribution is 5.95. The Balaban J connectivity index is 1.73. The molecule has 1 atom stereocenters. The Morgan fingerprint density at radius 2 is 2.21 bits per heavy atom. The highest BCUT2D eigenvalue weighted by Crippen LogP contribution is 2.33. The molecule has 9 heteroatoms. The van der Waals surface area contributed by atoms with Crippen molar-refractivity contribution in [1.29, 1.82) is 0 Å². The van der Waals surface area contributed by atoms with Gasteiger partial charge in [-0.15, -0.1) is 6.58 Å². The summed E-state index contributed by atoms with van der Waals surface area (Å²) in [5.74, 6) is 1.61. The first-order valence-electron chi connectivity index (χ1n) is 11.6. The number of nitrogens with zero attached hydrogens (tertiary/aromatic N) is 5. The van der Waals surface area contributed by atoms with Crippen LogP contribution in [-0.4, -0.2) is 49.9 Å². The van der Waals surface area contributed by atoms with Gasteiger partial charge >= 0.3 is 0 Å². The van der Waals surface area contributed by atoms with E-state index in [4.69, 9.17) is 20.4 Å². The van der Waals surface area contributed by atoms with Crippen molar-refractivity contribution in [2.45, 2.75) is 46.5 Å². The average Bonchev–Trinajstić information content (AvgIpc) is 3.38. The molecule has 3 aromatic rings. The number of fused-ring (bicyclic) bond motifs is 1. The van der Waals surface area contributed by atoms with Crippen molar-refractivity contribution in [3.8, 4) is 11.1 Å². The summed E-state index contributed by atoms with van der Waals surface area (Å²) in [6.45, 7) is 13.5. The van der Waals surface area contributed by atoms with Gasteiger partial charge in [0, 0.05) is 60.4 Å². The van der Waals surface area contributed by atoms with Gasteiger partial charge in [0.15, 0.2) is 11.5 Å². The molecular weight excluding hydrogens is 430 g/mol. The standard InChI is InChI=1S/C25H33N7O2/c1-6-7-25(5)11-19(34-9-8-26)10-21(27-15-25)31-14-18(12-28-31)20-13-29-32-23(20)30-17(4)22(16(2)3)24(32)33/h6,10,12-14,16,29H,1,7-9,11,15,26H2,2-5H3. The lowest BCUT2D eigenvalue weighted by Crippen LogP contribution is -2.22. The minimum atomic E-state index is -0.0898. The number of allylic oxidation sites excluding steroid dienone is 3. The summed E-state index contributed by atoms with van der Waals surface area (Å²) in [6.07, 6.45) is 10.9. The number of ether oxygens (including phenoxy) is 1. The molecule has 0 aromatic carbocycles. The Morgan fingerprint density at radius 1 is 1.41 bits per heavy atom. The van der Waals surface area contributed by atoms with E-state index < -0.39 is 0 Å². The second-order valence-electron chi connectivity index (χ2n) is 9.49. The number of aryl methyl sites for hydroxylation is 1. The molecule has 0 saturated heterocycles. The summed E-state index contributed by atoms with van der Waals surface area (Å²) < 4.78 is 9.16. The van der Waals surface area contributed by atoms with Crippen molar-refractivity contribution in [2.24, 2.45) is 16.1 Å². The van der Waals surface area contributed by atoms with Crippen molar-refractivity contribution in [3.05, 3.63) is 64.7 Å². The molecule has 0 fully saturated rings. The fourth-order valence-corrected chi connectivity index (χ4v) is 4.49. The maximum atomic E-state index is 13.0. The number of aliphatic imine (C=N–C) groups is 1. The molecule has 4 rings (SSSR count). The van der Waals surface area contributed by atoms with Gasteiger partial charge in [0.1, 0.15) is 5.76 Å². The summed E-state index contributed by atoms with van der Waals surface area (Å²) in [6, 6.07) is 0. The van der Waals surface area contributed by atoms with Gasteiger partial charge in [-0.05, 0) is 24.7 Å². The largest absolute Gasteiger partial charge is 0.496 e. The fraction of sp³-hybridized carbons (Fsp3) is 0.440. The van der Waals surface area contributed by atoms with Gasteiger partial charge in [0.25, 0.3) is 5.56 Å². The molecule has 0 aliphatic carbocycles. The van der Waals surface area contributed by atoms with E-state index in [0.717, 1.165) is 35.4 Å². The minimum Gasteiger partial charge on any atom is -0.496 e. The first-order valence-corrected chi connectivity index (χ1v) is 11.6. The maximum absolute atomic E-state index is 13.0. The van der Waals surface area contributed by atoms with Gasteiger partial charge in [-0.2, -0.15) is 5.10 Å². The zero-order valence-electron chi connectivity index (χ0n) is 20.3. The number of nitrogens with one attached hydrogen (secondary N) is 1. The van der Waals surface area contributed by atoms with E-state index in [9.17, 15) is 4.79 Å². The zero-order valence-corrected chi connectivity index (χ0v) is 20.3. The molecule has 1 aliphatic heterocycles. The van der Waals surface area contributed by atoms with E-state index in [2.05, 4.69) is 23.7 Å². The summed E-state index contributed by atoms with van der Waals surface area (Å²) in [5.41, 5.74) is 9.17. The number of H-pyrrole nitrogens is 1. The summed E-state index contributed by atoms with van der Waals surface area (Å²) in [4.78, 5) is 22.5. The molecule has 1 aliphatic rings. The summed E-state index contributed by atoms with van der Waals surface area (Å²) in [7, 11) is 0. The van der Waals surface area contributed by atoms with Crippen LogP contribution in [0, 0.1) is 12.3 Å². The van der Waals surface area contributed by atoms with Crippen LogP contribution in [0.5, 0.6) is 0 Å². The number of hydrogen-bond donors (Lipinski definition) is 2. The first-order chi connectivity index (χ1) is 16.3. The smallest absolute Gasteiger partial charge is 0.276 e. The highest BCUT2D eigenvalue weighted by Gasteiger charge is 2.28. The van der Waals surface area contributed by atoms with E-state index in [1.54, 1.807) is 17.1 Å². The van der Waals surface area contributed by atoms with Crippen LogP contribution in [0.2, 0.25) is 0 Å². The average molecular weight is 464 g/mol. The fourth-order valence-electron chi connectivity index (χ4n) is 4.49. The third-order valence-electron chi connectivity index (χ3n) is 6.15. The summed E-state index contributed by atoms with van der Waals surface area (Å²) >= 11 is 0. The Kier molecular flexibility index (Phi) is 6.56. The second-order valence-corrected chi connectivity index (χ2v) is 9.49. The van der Waals surface area contributed by atoms with E-state index in [1.165, 1.54) is 4.52 Å². The molecule has 0 spiro atoms. The lowest BCUT2D eigenvalue weighted by molar-refractivity contribution is 0.179. The third kappa shape index (κ3) is 4.48. The SMILES string of the molecule is C=CCC1(C)CN=C(n2cc(-c3c[nH]n4c(=O)c(C(C)C)c(C)nc34)cn2)C=C(OCCN)C1. The molecule has 4 heterocycles. The Hall–Kier alpha value is -3.46. The summed E-state index contributed by atoms with van der Waals surface area (Å²) in [5, 5.41) is 7.61. The van der Waals surface area contributed by atoms with Crippen LogP contribution in [0.3, 0.4) is 0 Å². The highest BCUT2D eigenvalue weighted by atomic mass is 16.5. The lowest BCUT2D eigenvalue weighted by Gasteiger charge is -2.26. The monoisotopic (exact) mass is 463 g/mol. The molecule has 3 N–H and O–H groups in total. The van der Waals surface area contributed by atoms with Crippen LogP contribution in [0.1, 0.15) is 50.8 Å². The van der Waals surface area contributed by atoms with E-state index in [0.29, 0.717) is 36.7 Å². The van der Waals surface area contributed by atoms with Crippen LogP contribution in [0.25, 0.3) is 16.8 Å². The Bertz CT molecular complexity index is 1320. The molecule has 34 heavy (non-hydrogen) atoms. The van der Waals surface area contributed by atoms with Crippen molar-refractivity contribution < 1.29 is 4.74 Å². The molecule has 1 unspecified atom stereocenters. The van der Waals surface area contributed by atoms with E-state index >= 15 is 0 Å². The quantitative estimate of drug-likeness (QED) is 0.521. The lowest BCUT2D eigenvalue weighted by atomic mass is 9.83. The second kappa shape index (κ2) is 9.42. The minimum absolute atomic E-state index is 0.0737. The van der Waals surface area contributed by atoms with Gasteiger partial charge in [-0.1, -0.05) is 26.8 Å². The number of nitrogens with two attached hydrogens (primary N) is 1. The maximum Gasteiger partial charge on any atom is 0.276 e. The van der Waals surface area contributed by atoms with Gasteiger partial charge in [-0.25, -0.2) is 14.2 Å². The first kappa shape index (κ1) is 23.7. The van der Waals surface area contributed by atoms with Crippen LogP contribution in [0.4, 0.5) is 0 Å². The van der Waals surface area contributed by atoms with Crippen molar-refractivity contribution in [1.82, 2.24) is 24.4 Å². The molecule has 3 aromatic heterocycles. The number of rotatable bonds is 7. The van der Waals surface area contributed by atoms with Crippen LogP contribution in [-0.2, 0) is 4.74 Å². The molecule has 0 amide bonds. The Morgan fingerprint density at radius 3 is 2.91 bits per heavy atom. The van der Waals surface area contributed by atoms with Crippen LogP contribution < -0.4 is 11.3 Å². The van der Waals surface area contributed by atoms with Gasteiger partial charge < -0.3 is 10.5 Å². The van der Waals surface area contributed by atoms with Crippen molar-refractivity contribution in [3.63, 3.8) is 0 Å². The van der Waals surface area contributed by atoms with Crippen LogP contribution in [0.15, 0.2) is 52.9 Å². The predicted octanol–water partition coefficient (Wildman–Crippen LogP) is 3.41. The number of hydrogen-bond acceptors (Lipinski definition) is 6. The Labute approximate surface area is 199 Å². The number of aromatic nitrogens is 5. The predicted molar refractivity (Wildman–Crippen MR) is 134 cm³/mol. The number of aromatic amines is 1.